The van der Waals surface area contributed by atoms with Gasteiger partial charge in [-0.15, -0.1) is 0 Å². The van der Waals surface area contributed by atoms with Crippen molar-refractivity contribution in [2.24, 2.45) is 5.41 Å². The third kappa shape index (κ3) is 3.75. The monoisotopic (exact) mass is 249 g/mol. The lowest BCUT2D eigenvalue weighted by Gasteiger charge is -2.27. The van der Waals surface area contributed by atoms with Gasteiger partial charge < -0.3 is 10.4 Å². The zero-order valence-electron chi connectivity index (χ0n) is 9.69. The van der Waals surface area contributed by atoms with E-state index < -0.39 is 21.2 Å². The van der Waals surface area contributed by atoms with Gasteiger partial charge in [0.05, 0.1) is 16.9 Å². The first-order valence-corrected chi connectivity index (χ1v) is 7.22. The summed E-state index contributed by atoms with van der Waals surface area (Å²) in [4.78, 5) is 10.9. The maximum absolute atomic E-state index is 11.4. The van der Waals surface area contributed by atoms with Crippen molar-refractivity contribution in [1.29, 1.82) is 0 Å². The van der Waals surface area contributed by atoms with Crippen molar-refractivity contribution in [3.8, 4) is 0 Å². The molecule has 1 heterocycles. The summed E-state index contributed by atoms with van der Waals surface area (Å²) in [6, 6.07) is -0.0997. The summed E-state index contributed by atoms with van der Waals surface area (Å²) in [7, 11) is -2.93. The largest absolute Gasteiger partial charge is 0.481 e. The third-order valence-corrected chi connectivity index (χ3v) is 4.70. The van der Waals surface area contributed by atoms with Crippen LogP contribution >= 0.6 is 0 Å². The van der Waals surface area contributed by atoms with Crippen LogP contribution in [0, 0.1) is 5.41 Å². The third-order valence-electron chi connectivity index (χ3n) is 2.87. The van der Waals surface area contributed by atoms with Gasteiger partial charge in [0.1, 0.15) is 0 Å². The molecule has 0 saturated carbocycles. The van der Waals surface area contributed by atoms with Crippen LogP contribution in [-0.2, 0) is 14.6 Å². The Labute approximate surface area is 96.1 Å². The Bertz CT molecular complexity index is 361. The first kappa shape index (κ1) is 13.4. The number of carbonyl (C=O) groups is 1. The fraction of sp³-hybridized carbons (Fsp3) is 0.900. The number of sulfone groups is 1. The second-order valence-electron chi connectivity index (χ2n) is 5.02. The minimum Gasteiger partial charge on any atom is -0.481 e. The molecule has 0 bridgehead atoms. The first-order valence-electron chi connectivity index (χ1n) is 5.40. The molecule has 1 atom stereocenters. The van der Waals surface area contributed by atoms with Gasteiger partial charge in [0.25, 0.3) is 0 Å². The van der Waals surface area contributed by atoms with Gasteiger partial charge in [-0.2, -0.15) is 0 Å². The number of rotatable bonds is 4. The molecule has 1 fully saturated rings. The van der Waals surface area contributed by atoms with E-state index in [0.29, 0.717) is 13.0 Å². The van der Waals surface area contributed by atoms with Crippen LogP contribution in [-0.4, -0.2) is 43.6 Å². The van der Waals surface area contributed by atoms with Crippen LogP contribution in [0.5, 0.6) is 0 Å². The molecule has 1 aliphatic heterocycles. The maximum atomic E-state index is 11.4. The van der Waals surface area contributed by atoms with Gasteiger partial charge in [0.2, 0.25) is 0 Å². The number of carboxylic acid groups (broad SMARTS) is 1. The molecule has 0 amide bonds. The molecular formula is C10H19NO4S. The van der Waals surface area contributed by atoms with Crippen LogP contribution in [0.4, 0.5) is 0 Å². The fourth-order valence-corrected chi connectivity index (χ4v) is 3.33. The van der Waals surface area contributed by atoms with Crippen molar-refractivity contribution in [1.82, 2.24) is 5.32 Å². The van der Waals surface area contributed by atoms with Gasteiger partial charge in [-0.3, -0.25) is 4.79 Å². The standard InChI is InChI=1S/C10H19NO4S/c1-10(2,9(12)13)7-11-8-4-3-5-16(14,15)6-8/h8,11H,3-7H2,1-2H3,(H,12,13). The van der Waals surface area contributed by atoms with Gasteiger partial charge in [-0.05, 0) is 26.7 Å². The number of nitrogens with one attached hydrogen (secondary N) is 1. The summed E-state index contributed by atoms with van der Waals surface area (Å²) >= 11 is 0. The highest BCUT2D eigenvalue weighted by Gasteiger charge is 2.30. The molecule has 94 valence electrons. The average molecular weight is 249 g/mol. The van der Waals surface area contributed by atoms with E-state index in [0.717, 1.165) is 6.42 Å². The first-order chi connectivity index (χ1) is 7.23. The molecule has 1 aliphatic rings. The second kappa shape index (κ2) is 4.71. The summed E-state index contributed by atoms with van der Waals surface area (Å²) in [5, 5.41) is 12.0. The molecule has 2 N–H and O–H groups in total. The quantitative estimate of drug-likeness (QED) is 0.747. The van der Waals surface area contributed by atoms with E-state index in [1.165, 1.54) is 0 Å². The molecule has 0 aromatic heterocycles. The summed E-state index contributed by atoms with van der Waals surface area (Å²) < 4.78 is 22.7. The Hall–Kier alpha value is -0.620. The van der Waals surface area contributed by atoms with Gasteiger partial charge in [0, 0.05) is 12.6 Å². The Morgan fingerprint density at radius 2 is 2.12 bits per heavy atom. The molecule has 0 radical (unpaired) electrons. The van der Waals surface area contributed by atoms with Crippen LogP contribution in [0.25, 0.3) is 0 Å². The predicted octanol–water partition coefficient (Wildman–Crippen LogP) is 0.264. The van der Waals surface area contributed by atoms with Crippen molar-refractivity contribution < 1.29 is 18.3 Å². The van der Waals surface area contributed by atoms with Gasteiger partial charge in [-0.1, -0.05) is 0 Å². The molecule has 16 heavy (non-hydrogen) atoms. The van der Waals surface area contributed by atoms with Crippen molar-refractivity contribution in [2.45, 2.75) is 32.7 Å². The van der Waals surface area contributed by atoms with Crippen LogP contribution < -0.4 is 5.32 Å². The highest BCUT2D eigenvalue weighted by Crippen LogP contribution is 2.16. The molecule has 0 aromatic rings. The Morgan fingerprint density at radius 3 is 2.62 bits per heavy atom. The van der Waals surface area contributed by atoms with Crippen molar-refractivity contribution in [2.75, 3.05) is 18.1 Å². The Balaban J connectivity index is 2.47. The van der Waals surface area contributed by atoms with Crippen LogP contribution in [0.3, 0.4) is 0 Å². The van der Waals surface area contributed by atoms with Gasteiger partial charge in [0.15, 0.2) is 9.84 Å². The number of hydrogen-bond acceptors (Lipinski definition) is 4. The predicted molar refractivity (Wildman–Crippen MR) is 61.1 cm³/mol. The Kier molecular flexibility index (Phi) is 3.96. The van der Waals surface area contributed by atoms with E-state index in [9.17, 15) is 13.2 Å². The second-order valence-corrected chi connectivity index (χ2v) is 7.25. The van der Waals surface area contributed by atoms with E-state index in [1.807, 2.05) is 0 Å². The zero-order valence-corrected chi connectivity index (χ0v) is 10.5. The minimum absolute atomic E-state index is 0.0997. The number of hydrogen-bond donors (Lipinski definition) is 2. The molecule has 1 saturated heterocycles. The average Bonchev–Trinajstić information content (AvgIpc) is 2.13. The molecule has 6 heteroatoms. The molecule has 0 spiro atoms. The molecule has 1 unspecified atom stereocenters. The normalized spacial score (nSPS) is 25.2. The van der Waals surface area contributed by atoms with Gasteiger partial charge >= 0.3 is 5.97 Å². The lowest BCUT2D eigenvalue weighted by atomic mass is 9.93. The number of carboxylic acids is 1. The maximum Gasteiger partial charge on any atom is 0.310 e. The minimum atomic E-state index is -2.93. The van der Waals surface area contributed by atoms with Crippen molar-refractivity contribution >= 4 is 15.8 Å². The summed E-state index contributed by atoms with van der Waals surface area (Å²) in [5.74, 6) is -0.491. The number of aliphatic carboxylic acids is 1. The van der Waals surface area contributed by atoms with Crippen LogP contribution in [0.1, 0.15) is 26.7 Å². The highest BCUT2D eigenvalue weighted by atomic mass is 32.2. The van der Waals surface area contributed by atoms with E-state index in [1.54, 1.807) is 13.8 Å². The molecule has 0 aliphatic carbocycles. The van der Waals surface area contributed by atoms with Gasteiger partial charge in [-0.25, -0.2) is 8.42 Å². The lowest BCUT2D eigenvalue weighted by Crippen LogP contribution is -2.45. The molecule has 0 aromatic carbocycles. The SMILES string of the molecule is CC(C)(CNC1CCCS(=O)(=O)C1)C(=O)O. The lowest BCUT2D eigenvalue weighted by molar-refractivity contribution is -0.146. The van der Waals surface area contributed by atoms with E-state index in [-0.39, 0.29) is 17.5 Å². The molecule has 1 rings (SSSR count). The zero-order chi connectivity index (χ0) is 12.4. The van der Waals surface area contributed by atoms with Crippen LogP contribution in [0.2, 0.25) is 0 Å². The summed E-state index contributed by atoms with van der Waals surface area (Å²) in [6.07, 6.45) is 1.46. The fourth-order valence-electron chi connectivity index (χ4n) is 1.66. The summed E-state index contributed by atoms with van der Waals surface area (Å²) in [5.41, 5.74) is -0.860. The topological polar surface area (TPSA) is 83.5 Å². The Morgan fingerprint density at radius 1 is 1.50 bits per heavy atom. The van der Waals surface area contributed by atoms with Crippen LogP contribution in [0.15, 0.2) is 0 Å². The van der Waals surface area contributed by atoms with Crippen molar-refractivity contribution in [3.05, 3.63) is 0 Å². The van der Waals surface area contributed by atoms with Crippen molar-refractivity contribution in [3.63, 3.8) is 0 Å². The molecule has 5 nitrogen and oxygen atoms in total. The molecular weight excluding hydrogens is 230 g/mol. The summed E-state index contributed by atoms with van der Waals surface area (Å²) in [6.45, 7) is 3.54. The van der Waals surface area contributed by atoms with E-state index in [4.69, 9.17) is 5.11 Å². The smallest absolute Gasteiger partial charge is 0.310 e. The highest BCUT2D eigenvalue weighted by molar-refractivity contribution is 7.91. The van der Waals surface area contributed by atoms with E-state index in [2.05, 4.69) is 5.32 Å². The van der Waals surface area contributed by atoms with E-state index >= 15 is 0 Å².